The number of amides is 1. The second kappa shape index (κ2) is 4.52. The highest BCUT2D eigenvalue weighted by atomic mass is 16.2. The smallest absolute Gasteiger partial charge is 0.224 e. The average molecular weight is 210 g/mol. The van der Waals surface area contributed by atoms with Crippen molar-refractivity contribution in [1.82, 2.24) is 10.2 Å². The average Bonchev–Trinajstić information content (AvgIpc) is 2.77. The van der Waals surface area contributed by atoms with Crippen molar-refractivity contribution in [1.29, 1.82) is 0 Å². The maximum atomic E-state index is 12.1. The minimum Gasteiger partial charge on any atom is -0.337 e. The summed E-state index contributed by atoms with van der Waals surface area (Å²) in [6.07, 6.45) is 5.44. The number of likely N-dealkylation sites (tertiary alicyclic amines) is 1. The molecule has 3 nitrogen and oxygen atoms in total. The van der Waals surface area contributed by atoms with E-state index in [2.05, 4.69) is 24.1 Å². The lowest BCUT2D eigenvalue weighted by atomic mass is 10.1. The second-order valence-electron chi connectivity index (χ2n) is 5.07. The van der Waals surface area contributed by atoms with Gasteiger partial charge < -0.3 is 10.2 Å². The molecule has 15 heavy (non-hydrogen) atoms. The van der Waals surface area contributed by atoms with E-state index in [1.807, 2.05) is 0 Å². The molecule has 2 saturated heterocycles. The fourth-order valence-corrected chi connectivity index (χ4v) is 2.93. The molecule has 2 aliphatic heterocycles. The van der Waals surface area contributed by atoms with Crippen molar-refractivity contribution in [3.05, 3.63) is 0 Å². The number of nitrogens with one attached hydrogen (secondary N) is 1. The van der Waals surface area contributed by atoms with E-state index in [0.29, 0.717) is 30.5 Å². The van der Waals surface area contributed by atoms with Crippen LogP contribution in [0.5, 0.6) is 0 Å². The lowest BCUT2D eigenvalue weighted by Crippen LogP contribution is -2.41. The van der Waals surface area contributed by atoms with Crippen LogP contribution in [-0.4, -0.2) is 35.5 Å². The van der Waals surface area contributed by atoms with Crippen molar-refractivity contribution < 1.29 is 4.79 Å². The Bertz CT molecular complexity index is 226. The molecule has 3 heteroatoms. The molecule has 0 aromatic rings. The molecule has 86 valence electrons. The summed E-state index contributed by atoms with van der Waals surface area (Å²) in [6.45, 7) is 5.43. The summed E-state index contributed by atoms with van der Waals surface area (Å²) in [7, 11) is 0. The summed E-state index contributed by atoms with van der Waals surface area (Å²) in [6, 6.07) is 1.35. The standard InChI is InChI=1S/C12H22N2O/c1-9-5-6-10(2)14(9)12(15)8-11-4-3-7-13-11/h9-11,13H,3-8H2,1-2H3. The fourth-order valence-electron chi connectivity index (χ4n) is 2.93. The van der Waals surface area contributed by atoms with E-state index in [1.54, 1.807) is 0 Å². The third kappa shape index (κ3) is 2.33. The first-order valence-corrected chi connectivity index (χ1v) is 6.23. The van der Waals surface area contributed by atoms with Crippen LogP contribution in [0.2, 0.25) is 0 Å². The van der Waals surface area contributed by atoms with Crippen molar-refractivity contribution >= 4 is 5.91 Å². The minimum absolute atomic E-state index is 0.354. The van der Waals surface area contributed by atoms with Gasteiger partial charge in [-0.15, -0.1) is 0 Å². The normalized spacial score (nSPS) is 36.1. The summed E-state index contributed by atoms with van der Waals surface area (Å²) in [5, 5.41) is 3.39. The highest BCUT2D eigenvalue weighted by Gasteiger charge is 2.32. The van der Waals surface area contributed by atoms with E-state index >= 15 is 0 Å². The molecular formula is C12H22N2O. The van der Waals surface area contributed by atoms with Crippen LogP contribution < -0.4 is 5.32 Å². The Kier molecular flexibility index (Phi) is 3.29. The highest BCUT2D eigenvalue weighted by Crippen LogP contribution is 2.25. The Morgan fingerprint density at radius 3 is 2.47 bits per heavy atom. The van der Waals surface area contributed by atoms with Crippen molar-refractivity contribution in [3.8, 4) is 0 Å². The monoisotopic (exact) mass is 210 g/mol. The van der Waals surface area contributed by atoms with Gasteiger partial charge in [0.2, 0.25) is 5.91 Å². The zero-order chi connectivity index (χ0) is 10.8. The number of carbonyl (C=O) groups is 1. The van der Waals surface area contributed by atoms with E-state index < -0.39 is 0 Å². The Balaban J connectivity index is 1.88. The first kappa shape index (κ1) is 10.9. The van der Waals surface area contributed by atoms with E-state index in [9.17, 15) is 4.79 Å². The third-order valence-electron chi connectivity index (χ3n) is 3.82. The van der Waals surface area contributed by atoms with Gasteiger partial charge in [-0.05, 0) is 46.1 Å². The molecular weight excluding hydrogens is 188 g/mol. The molecule has 0 aromatic carbocycles. The van der Waals surface area contributed by atoms with Gasteiger partial charge in [-0.25, -0.2) is 0 Å². The van der Waals surface area contributed by atoms with Gasteiger partial charge in [0.25, 0.3) is 0 Å². The Morgan fingerprint density at radius 2 is 1.93 bits per heavy atom. The van der Waals surface area contributed by atoms with Gasteiger partial charge >= 0.3 is 0 Å². The molecule has 1 amide bonds. The quantitative estimate of drug-likeness (QED) is 0.749. The SMILES string of the molecule is CC1CCC(C)N1C(=O)CC1CCCN1. The first-order valence-electron chi connectivity index (χ1n) is 6.23. The molecule has 0 aromatic heterocycles. The Labute approximate surface area is 92.2 Å². The topological polar surface area (TPSA) is 32.3 Å². The lowest BCUT2D eigenvalue weighted by Gasteiger charge is -2.27. The van der Waals surface area contributed by atoms with Crippen LogP contribution in [0.15, 0.2) is 0 Å². The highest BCUT2D eigenvalue weighted by molar-refractivity contribution is 5.77. The number of carbonyl (C=O) groups excluding carboxylic acids is 1. The summed E-state index contributed by atoms with van der Waals surface area (Å²) < 4.78 is 0. The number of rotatable bonds is 2. The van der Waals surface area contributed by atoms with Gasteiger partial charge in [0.15, 0.2) is 0 Å². The van der Waals surface area contributed by atoms with Crippen LogP contribution >= 0.6 is 0 Å². The van der Waals surface area contributed by atoms with E-state index in [-0.39, 0.29) is 0 Å². The lowest BCUT2D eigenvalue weighted by molar-refractivity contribution is -0.133. The van der Waals surface area contributed by atoms with Crippen LogP contribution in [-0.2, 0) is 4.79 Å². The Morgan fingerprint density at radius 1 is 1.27 bits per heavy atom. The maximum absolute atomic E-state index is 12.1. The van der Waals surface area contributed by atoms with Crippen LogP contribution in [0.3, 0.4) is 0 Å². The fraction of sp³-hybridized carbons (Fsp3) is 0.917. The van der Waals surface area contributed by atoms with Gasteiger partial charge in [0, 0.05) is 24.5 Å². The molecule has 3 unspecified atom stereocenters. The zero-order valence-electron chi connectivity index (χ0n) is 9.83. The van der Waals surface area contributed by atoms with Crippen molar-refractivity contribution in [2.45, 2.75) is 64.1 Å². The van der Waals surface area contributed by atoms with E-state index in [0.717, 1.165) is 6.54 Å². The molecule has 1 N–H and O–H groups in total. The predicted molar refractivity (Wildman–Crippen MR) is 60.6 cm³/mol. The predicted octanol–water partition coefficient (Wildman–Crippen LogP) is 1.53. The summed E-state index contributed by atoms with van der Waals surface area (Å²) in [5.41, 5.74) is 0. The molecule has 0 spiro atoms. The van der Waals surface area contributed by atoms with Gasteiger partial charge in [-0.2, -0.15) is 0 Å². The van der Waals surface area contributed by atoms with E-state index in [4.69, 9.17) is 0 Å². The van der Waals surface area contributed by atoms with Gasteiger partial charge in [0.1, 0.15) is 0 Å². The molecule has 2 aliphatic rings. The van der Waals surface area contributed by atoms with Gasteiger partial charge in [-0.1, -0.05) is 0 Å². The zero-order valence-corrected chi connectivity index (χ0v) is 9.83. The molecule has 0 saturated carbocycles. The van der Waals surface area contributed by atoms with Crippen molar-refractivity contribution in [2.75, 3.05) is 6.54 Å². The minimum atomic E-state index is 0.354. The molecule has 3 atom stereocenters. The summed E-state index contributed by atoms with van der Waals surface area (Å²) in [5.74, 6) is 0.354. The van der Waals surface area contributed by atoms with Crippen LogP contribution in [0.4, 0.5) is 0 Å². The molecule has 0 bridgehead atoms. The molecule has 2 rings (SSSR count). The van der Waals surface area contributed by atoms with Gasteiger partial charge in [0.05, 0.1) is 0 Å². The van der Waals surface area contributed by atoms with Crippen LogP contribution in [0.25, 0.3) is 0 Å². The molecule has 0 radical (unpaired) electrons. The van der Waals surface area contributed by atoms with Crippen molar-refractivity contribution in [3.63, 3.8) is 0 Å². The largest absolute Gasteiger partial charge is 0.337 e. The summed E-state index contributed by atoms with van der Waals surface area (Å²) >= 11 is 0. The van der Waals surface area contributed by atoms with Crippen molar-refractivity contribution in [2.24, 2.45) is 0 Å². The number of hydrogen-bond donors (Lipinski definition) is 1. The molecule has 2 fully saturated rings. The first-order chi connectivity index (χ1) is 7.18. The number of hydrogen-bond acceptors (Lipinski definition) is 2. The Hall–Kier alpha value is -0.570. The third-order valence-corrected chi connectivity index (χ3v) is 3.82. The van der Waals surface area contributed by atoms with Crippen LogP contribution in [0, 0.1) is 0 Å². The van der Waals surface area contributed by atoms with E-state index in [1.165, 1.54) is 25.7 Å². The molecule has 2 heterocycles. The molecule has 0 aliphatic carbocycles. The number of nitrogens with zero attached hydrogens (tertiary/aromatic N) is 1. The maximum Gasteiger partial charge on any atom is 0.224 e. The second-order valence-corrected chi connectivity index (χ2v) is 5.07. The van der Waals surface area contributed by atoms with Crippen LogP contribution in [0.1, 0.15) is 46.0 Å². The van der Waals surface area contributed by atoms with Gasteiger partial charge in [-0.3, -0.25) is 4.79 Å². The summed E-state index contributed by atoms with van der Waals surface area (Å²) in [4.78, 5) is 14.2.